The van der Waals surface area contributed by atoms with E-state index in [4.69, 9.17) is 0 Å². The van der Waals surface area contributed by atoms with E-state index in [1.54, 1.807) is 5.32 Å². The Labute approximate surface area is 105 Å². The zero-order valence-electron chi connectivity index (χ0n) is 9.38. The van der Waals surface area contributed by atoms with E-state index in [9.17, 15) is 27.9 Å². The molecule has 0 aliphatic carbocycles. The first-order valence-electron chi connectivity index (χ1n) is 4.86. The van der Waals surface area contributed by atoms with Crippen LogP contribution in [0.2, 0.25) is 0 Å². The number of hydrogen-bond acceptors (Lipinski definition) is 3. The van der Waals surface area contributed by atoms with Crippen molar-refractivity contribution in [1.29, 1.82) is 0 Å². The number of anilines is 2. The second-order valence-electron chi connectivity index (χ2n) is 3.40. The number of rotatable bonds is 3. The molecule has 0 bridgehead atoms. The summed E-state index contributed by atoms with van der Waals surface area (Å²) in [5.74, 6) is -0.723. The summed E-state index contributed by atoms with van der Waals surface area (Å²) in [6.07, 6.45) is -5.58. The molecule has 0 spiro atoms. The maximum Gasteiger partial charge on any atom is 0.416 e. The highest BCUT2D eigenvalue weighted by atomic mass is 19.4. The first-order valence-corrected chi connectivity index (χ1v) is 4.86. The van der Waals surface area contributed by atoms with Crippen LogP contribution in [-0.2, 0) is 11.0 Å². The fourth-order valence-electron chi connectivity index (χ4n) is 1.25. The van der Waals surface area contributed by atoms with Gasteiger partial charge < -0.3 is 20.5 Å². The van der Waals surface area contributed by atoms with Crippen molar-refractivity contribution in [1.82, 2.24) is 0 Å². The molecule has 0 saturated heterocycles. The van der Waals surface area contributed by atoms with Gasteiger partial charge in [-0.2, -0.15) is 13.2 Å². The third kappa shape index (κ3) is 4.34. The minimum absolute atomic E-state index is 0.219. The van der Waals surface area contributed by atoms with Crippen molar-refractivity contribution in [3.05, 3.63) is 36.4 Å². The molecule has 0 unspecified atom stereocenters. The summed E-state index contributed by atoms with van der Waals surface area (Å²) in [5, 5.41) is 14.1. The SMILES string of the molecule is C=CC(=O)Nc1cc(NC(=O)[O-])cc(C(F)(F)F)c1. The van der Waals surface area contributed by atoms with E-state index in [0.717, 1.165) is 12.1 Å². The van der Waals surface area contributed by atoms with Gasteiger partial charge in [0.25, 0.3) is 0 Å². The van der Waals surface area contributed by atoms with E-state index in [1.807, 2.05) is 0 Å². The smallest absolute Gasteiger partial charge is 0.416 e. The van der Waals surface area contributed by atoms with E-state index >= 15 is 0 Å². The summed E-state index contributed by atoms with van der Waals surface area (Å²) in [7, 11) is 0. The van der Waals surface area contributed by atoms with Gasteiger partial charge in [0.1, 0.15) is 6.09 Å². The molecule has 102 valence electrons. The Morgan fingerprint density at radius 2 is 1.68 bits per heavy atom. The molecular formula is C11H8F3N2O3-. The summed E-state index contributed by atoms with van der Waals surface area (Å²) in [4.78, 5) is 21.3. The van der Waals surface area contributed by atoms with Crippen LogP contribution in [0.25, 0.3) is 0 Å². The van der Waals surface area contributed by atoms with Crippen LogP contribution in [0.5, 0.6) is 0 Å². The van der Waals surface area contributed by atoms with Gasteiger partial charge in [-0.15, -0.1) is 0 Å². The summed E-state index contributed by atoms with van der Waals surface area (Å²) in [6.45, 7) is 3.14. The highest BCUT2D eigenvalue weighted by Gasteiger charge is 2.31. The van der Waals surface area contributed by atoms with Gasteiger partial charge in [0.2, 0.25) is 5.91 Å². The number of carboxylic acid groups (broad SMARTS) is 1. The monoisotopic (exact) mass is 273 g/mol. The minimum Gasteiger partial charge on any atom is -0.530 e. The Balaban J connectivity index is 3.19. The molecule has 1 aromatic carbocycles. The molecule has 0 heterocycles. The molecule has 0 aliphatic rings. The van der Waals surface area contributed by atoms with Gasteiger partial charge in [-0.1, -0.05) is 6.58 Å². The van der Waals surface area contributed by atoms with E-state index in [0.29, 0.717) is 12.1 Å². The molecule has 0 radical (unpaired) electrons. The largest absolute Gasteiger partial charge is 0.530 e. The van der Waals surface area contributed by atoms with Crippen LogP contribution in [0.15, 0.2) is 30.9 Å². The molecule has 5 nitrogen and oxygen atoms in total. The summed E-state index contributed by atoms with van der Waals surface area (Å²) >= 11 is 0. The Kier molecular flexibility index (Phi) is 4.15. The van der Waals surface area contributed by atoms with Crippen LogP contribution in [0.3, 0.4) is 0 Å². The lowest BCUT2D eigenvalue weighted by Gasteiger charge is -2.14. The van der Waals surface area contributed by atoms with Gasteiger partial charge in [-0.3, -0.25) is 4.79 Å². The molecule has 0 fully saturated rings. The normalized spacial score (nSPS) is 10.7. The Bertz CT molecular complexity index is 526. The van der Waals surface area contributed by atoms with Gasteiger partial charge in [-0.05, 0) is 24.3 Å². The van der Waals surface area contributed by atoms with E-state index < -0.39 is 23.7 Å². The third-order valence-corrected chi connectivity index (χ3v) is 1.96. The quantitative estimate of drug-likeness (QED) is 0.820. The molecule has 1 rings (SSSR count). The van der Waals surface area contributed by atoms with Gasteiger partial charge in [0.15, 0.2) is 0 Å². The van der Waals surface area contributed by atoms with Gasteiger partial charge in [0.05, 0.1) is 5.56 Å². The predicted octanol–water partition coefficient (Wildman–Crippen LogP) is 1.59. The van der Waals surface area contributed by atoms with E-state index in [-0.39, 0.29) is 11.4 Å². The maximum atomic E-state index is 12.6. The molecule has 0 aromatic heterocycles. The molecule has 2 N–H and O–H groups in total. The van der Waals surface area contributed by atoms with Crippen LogP contribution in [0.4, 0.5) is 29.3 Å². The number of benzene rings is 1. The average Bonchev–Trinajstić information content (AvgIpc) is 2.26. The molecule has 2 amide bonds. The van der Waals surface area contributed by atoms with Crippen molar-refractivity contribution in [2.75, 3.05) is 10.6 Å². The number of amides is 2. The van der Waals surface area contributed by atoms with Crippen molar-refractivity contribution in [3.63, 3.8) is 0 Å². The molecule has 0 aliphatic heterocycles. The Hall–Kier alpha value is -2.51. The standard InChI is InChI=1S/C11H9F3N2O3/c1-2-9(17)15-7-3-6(11(12,13)14)4-8(5-7)16-10(18)19/h2-5,16H,1H2,(H,15,17)(H,18,19)/p-1. The minimum atomic E-state index is -4.68. The lowest BCUT2D eigenvalue weighted by atomic mass is 10.1. The van der Waals surface area contributed by atoms with E-state index in [1.165, 1.54) is 0 Å². The van der Waals surface area contributed by atoms with Crippen molar-refractivity contribution < 1.29 is 27.9 Å². The van der Waals surface area contributed by atoms with Crippen molar-refractivity contribution in [3.8, 4) is 0 Å². The fraction of sp³-hybridized carbons (Fsp3) is 0.0909. The van der Waals surface area contributed by atoms with Gasteiger partial charge in [0, 0.05) is 11.4 Å². The number of alkyl halides is 3. The molecule has 0 saturated carbocycles. The number of nitrogens with one attached hydrogen (secondary N) is 2. The second-order valence-corrected chi connectivity index (χ2v) is 3.40. The van der Waals surface area contributed by atoms with Gasteiger partial charge in [-0.25, -0.2) is 0 Å². The topological polar surface area (TPSA) is 81.3 Å². The Morgan fingerprint density at radius 1 is 1.16 bits per heavy atom. The lowest BCUT2D eigenvalue weighted by molar-refractivity contribution is -0.242. The van der Waals surface area contributed by atoms with Crippen LogP contribution in [0, 0.1) is 0 Å². The molecule has 1 aromatic rings. The van der Waals surface area contributed by atoms with Crippen molar-refractivity contribution >= 4 is 23.4 Å². The zero-order chi connectivity index (χ0) is 14.6. The first kappa shape index (κ1) is 14.6. The average molecular weight is 273 g/mol. The zero-order valence-corrected chi connectivity index (χ0v) is 9.38. The second kappa shape index (κ2) is 5.42. The molecule has 0 atom stereocenters. The van der Waals surface area contributed by atoms with Crippen LogP contribution >= 0.6 is 0 Å². The lowest BCUT2D eigenvalue weighted by Crippen LogP contribution is -2.29. The van der Waals surface area contributed by atoms with Crippen LogP contribution in [-0.4, -0.2) is 12.0 Å². The molecule has 8 heteroatoms. The Morgan fingerprint density at radius 3 is 2.11 bits per heavy atom. The number of carbonyl (C=O) groups excluding carboxylic acids is 2. The summed E-state index contributed by atoms with van der Waals surface area (Å²) < 4.78 is 37.7. The number of hydrogen-bond donors (Lipinski definition) is 2. The molecular weight excluding hydrogens is 265 g/mol. The van der Waals surface area contributed by atoms with Crippen LogP contribution < -0.4 is 15.7 Å². The van der Waals surface area contributed by atoms with Crippen LogP contribution in [0.1, 0.15) is 5.56 Å². The summed E-state index contributed by atoms with van der Waals surface area (Å²) in [6, 6.07) is 2.27. The van der Waals surface area contributed by atoms with Gasteiger partial charge >= 0.3 is 6.18 Å². The highest BCUT2D eigenvalue weighted by molar-refractivity contribution is 5.99. The fourth-order valence-corrected chi connectivity index (χ4v) is 1.25. The number of carbonyl (C=O) groups is 2. The summed E-state index contributed by atoms with van der Waals surface area (Å²) in [5.41, 5.74) is -1.70. The first-order chi connectivity index (χ1) is 8.72. The molecule has 19 heavy (non-hydrogen) atoms. The van der Waals surface area contributed by atoms with Crippen molar-refractivity contribution in [2.45, 2.75) is 6.18 Å². The van der Waals surface area contributed by atoms with E-state index in [2.05, 4.69) is 11.9 Å². The third-order valence-electron chi connectivity index (χ3n) is 1.96. The maximum absolute atomic E-state index is 12.6. The predicted molar refractivity (Wildman–Crippen MR) is 59.3 cm³/mol. The number of halogens is 3. The highest BCUT2D eigenvalue weighted by Crippen LogP contribution is 2.33. The van der Waals surface area contributed by atoms with Crippen molar-refractivity contribution in [2.24, 2.45) is 0 Å².